The standard InChI is InChI=1S/C23H26Cl2N4O3.C2H4O2/c24-17-9-16(12-28-7-2-1-3-8-28)21(20(25)11-17)31-14-19-13-29(23(30)32-19)18-6-4-5-15(10-18)22(26)27;1-2(3)4/h4-6,9-11,19H,1-3,7-8,12-14H2,(H3,26,27);1H3,(H,3,4). The van der Waals surface area contributed by atoms with Crippen LogP contribution in [0.1, 0.15) is 37.3 Å². The minimum absolute atomic E-state index is 0.0575. The molecule has 0 saturated carbocycles. The van der Waals surface area contributed by atoms with Crippen molar-refractivity contribution in [2.24, 2.45) is 5.73 Å². The molecule has 2 heterocycles. The van der Waals surface area contributed by atoms with Crippen molar-refractivity contribution >= 4 is 46.8 Å². The second-order valence-corrected chi connectivity index (χ2v) is 9.47. The summed E-state index contributed by atoms with van der Waals surface area (Å²) in [6, 6.07) is 10.5. The number of carbonyl (C=O) groups excluding carboxylic acids is 1. The van der Waals surface area contributed by atoms with Crippen LogP contribution >= 0.6 is 23.2 Å². The molecular formula is C25H30Cl2N4O5. The Morgan fingerprint density at radius 1 is 1.22 bits per heavy atom. The van der Waals surface area contributed by atoms with E-state index in [1.54, 1.807) is 30.3 Å². The molecule has 0 aliphatic carbocycles. The Balaban J connectivity index is 0.000000840. The van der Waals surface area contributed by atoms with E-state index in [4.69, 9.17) is 53.7 Å². The number of hydrogen-bond donors (Lipinski definition) is 3. The quantitative estimate of drug-likeness (QED) is 0.343. The van der Waals surface area contributed by atoms with Crippen LogP contribution in [0.5, 0.6) is 5.75 Å². The van der Waals surface area contributed by atoms with Gasteiger partial charge in [-0.3, -0.25) is 20.0 Å². The van der Waals surface area contributed by atoms with Crippen molar-refractivity contribution in [2.45, 2.75) is 38.8 Å². The number of carboxylic acid groups (broad SMARTS) is 1. The third kappa shape index (κ3) is 7.74. The van der Waals surface area contributed by atoms with Gasteiger partial charge in [-0.2, -0.15) is 0 Å². The van der Waals surface area contributed by atoms with Crippen LogP contribution in [0.25, 0.3) is 0 Å². The smallest absolute Gasteiger partial charge is 0.414 e. The number of ether oxygens (including phenoxy) is 2. The van der Waals surface area contributed by atoms with Crippen LogP contribution in [0.3, 0.4) is 0 Å². The van der Waals surface area contributed by atoms with Gasteiger partial charge in [0.1, 0.15) is 18.2 Å². The number of nitrogens with two attached hydrogens (primary N) is 1. The van der Waals surface area contributed by atoms with Gasteiger partial charge in [0.05, 0.1) is 11.6 Å². The van der Waals surface area contributed by atoms with E-state index in [0.29, 0.717) is 40.1 Å². The van der Waals surface area contributed by atoms with Crippen molar-refractivity contribution in [3.8, 4) is 5.75 Å². The van der Waals surface area contributed by atoms with Gasteiger partial charge in [0.25, 0.3) is 5.97 Å². The fourth-order valence-electron chi connectivity index (χ4n) is 4.09. The number of benzene rings is 2. The molecule has 4 rings (SSSR count). The lowest BCUT2D eigenvalue weighted by Gasteiger charge is -2.27. The predicted octanol–water partition coefficient (Wildman–Crippen LogP) is 4.76. The van der Waals surface area contributed by atoms with Gasteiger partial charge in [0.15, 0.2) is 6.10 Å². The average molecular weight is 537 g/mol. The summed E-state index contributed by atoms with van der Waals surface area (Å²) in [6.45, 7) is 4.37. The number of carbonyl (C=O) groups is 2. The van der Waals surface area contributed by atoms with E-state index in [9.17, 15) is 4.79 Å². The number of nitrogen functional groups attached to an aromatic ring is 1. The zero-order chi connectivity index (χ0) is 26.2. The Labute approximate surface area is 220 Å². The molecule has 0 bridgehead atoms. The summed E-state index contributed by atoms with van der Waals surface area (Å²) < 4.78 is 11.6. The van der Waals surface area contributed by atoms with Crippen molar-refractivity contribution in [3.05, 3.63) is 57.6 Å². The topological polar surface area (TPSA) is 129 Å². The number of nitrogens with one attached hydrogen (secondary N) is 1. The summed E-state index contributed by atoms with van der Waals surface area (Å²) in [7, 11) is 0. The summed E-state index contributed by atoms with van der Waals surface area (Å²) in [6.07, 6.45) is 2.70. The van der Waals surface area contributed by atoms with Crippen LogP contribution in [-0.2, 0) is 16.1 Å². The lowest BCUT2D eigenvalue weighted by atomic mass is 10.1. The maximum absolute atomic E-state index is 12.4. The maximum Gasteiger partial charge on any atom is 0.414 e. The predicted molar refractivity (Wildman–Crippen MR) is 139 cm³/mol. The third-order valence-electron chi connectivity index (χ3n) is 5.68. The molecule has 0 aromatic heterocycles. The fraction of sp³-hybridized carbons (Fsp3) is 0.400. The Morgan fingerprint density at radius 2 is 1.92 bits per heavy atom. The molecule has 2 fully saturated rings. The number of piperidine rings is 1. The number of cyclic esters (lactones) is 1. The molecule has 1 atom stereocenters. The lowest BCUT2D eigenvalue weighted by Crippen LogP contribution is -2.29. The molecule has 4 N–H and O–H groups in total. The van der Waals surface area contributed by atoms with Gasteiger partial charge < -0.3 is 20.3 Å². The summed E-state index contributed by atoms with van der Waals surface area (Å²) in [4.78, 5) is 25.3. The summed E-state index contributed by atoms with van der Waals surface area (Å²) in [5.74, 6) is -0.312. The number of aliphatic carboxylic acids is 1. The van der Waals surface area contributed by atoms with E-state index in [1.807, 2.05) is 6.07 Å². The van der Waals surface area contributed by atoms with E-state index in [-0.39, 0.29) is 12.4 Å². The number of anilines is 1. The molecule has 2 aromatic rings. The monoisotopic (exact) mass is 536 g/mol. The normalized spacial score (nSPS) is 17.7. The molecule has 1 amide bonds. The van der Waals surface area contributed by atoms with Gasteiger partial charge in [0, 0.05) is 35.3 Å². The van der Waals surface area contributed by atoms with Crippen LogP contribution < -0.4 is 15.4 Å². The highest BCUT2D eigenvalue weighted by atomic mass is 35.5. The van der Waals surface area contributed by atoms with Gasteiger partial charge in [-0.25, -0.2) is 4.79 Å². The first kappa shape index (κ1) is 27.6. The van der Waals surface area contributed by atoms with E-state index in [1.165, 1.54) is 24.2 Å². The van der Waals surface area contributed by atoms with E-state index < -0.39 is 18.2 Å². The molecule has 2 aromatic carbocycles. The van der Waals surface area contributed by atoms with Crippen molar-refractivity contribution in [2.75, 3.05) is 31.1 Å². The Hall–Kier alpha value is -3.01. The fourth-order valence-corrected chi connectivity index (χ4v) is 4.68. The number of amides is 1. The van der Waals surface area contributed by atoms with Crippen LogP contribution in [-0.4, -0.2) is 60.2 Å². The average Bonchev–Trinajstić information content (AvgIpc) is 3.19. The molecule has 9 nitrogen and oxygen atoms in total. The zero-order valence-corrected chi connectivity index (χ0v) is 21.5. The maximum atomic E-state index is 12.4. The van der Waals surface area contributed by atoms with E-state index >= 15 is 0 Å². The molecule has 0 spiro atoms. The van der Waals surface area contributed by atoms with Crippen LogP contribution in [0, 0.1) is 5.41 Å². The van der Waals surface area contributed by atoms with Crippen LogP contribution in [0.4, 0.5) is 10.5 Å². The highest BCUT2D eigenvalue weighted by molar-refractivity contribution is 6.35. The number of likely N-dealkylation sites (tertiary alicyclic amines) is 1. The minimum atomic E-state index is -0.833. The molecule has 2 aliphatic rings. The highest BCUT2D eigenvalue weighted by Crippen LogP contribution is 2.34. The van der Waals surface area contributed by atoms with Gasteiger partial charge in [-0.1, -0.05) is 41.8 Å². The lowest BCUT2D eigenvalue weighted by molar-refractivity contribution is -0.134. The second-order valence-electron chi connectivity index (χ2n) is 8.62. The Morgan fingerprint density at radius 3 is 2.58 bits per heavy atom. The van der Waals surface area contributed by atoms with Gasteiger partial charge in [0.2, 0.25) is 0 Å². The van der Waals surface area contributed by atoms with Crippen molar-refractivity contribution in [1.29, 1.82) is 5.41 Å². The number of rotatable bonds is 7. The summed E-state index contributed by atoms with van der Waals surface area (Å²) >= 11 is 12.7. The molecular weight excluding hydrogens is 507 g/mol. The van der Waals surface area contributed by atoms with Gasteiger partial charge in [-0.05, 0) is 50.2 Å². The van der Waals surface area contributed by atoms with Crippen molar-refractivity contribution < 1.29 is 24.2 Å². The van der Waals surface area contributed by atoms with E-state index in [0.717, 1.165) is 25.6 Å². The summed E-state index contributed by atoms with van der Waals surface area (Å²) in [5.41, 5.74) is 7.67. The Bertz CT molecular complexity index is 1100. The van der Waals surface area contributed by atoms with Crippen LogP contribution in [0.2, 0.25) is 10.0 Å². The minimum Gasteiger partial charge on any atom is -0.488 e. The molecule has 2 saturated heterocycles. The zero-order valence-electron chi connectivity index (χ0n) is 20.0. The number of halogens is 2. The largest absolute Gasteiger partial charge is 0.488 e. The first-order valence-corrected chi connectivity index (χ1v) is 12.3. The SMILES string of the molecule is CC(=O)O.N=C(N)c1cccc(N2CC(COc3c(Cl)cc(Cl)cc3CN3CCCCC3)OC2=O)c1. The molecule has 36 heavy (non-hydrogen) atoms. The highest BCUT2D eigenvalue weighted by Gasteiger charge is 2.33. The number of carboxylic acids is 1. The summed E-state index contributed by atoms with van der Waals surface area (Å²) in [5, 5.41) is 16.0. The molecule has 1 unspecified atom stereocenters. The Kier molecular flexibility index (Phi) is 9.81. The third-order valence-corrected chi connectivity index (χ3v) is 6.18. The first-order chi connectivity index (χ1) is 17.1. The number of hydrogen-bond acceptors (Lipinski definition) is 6. The first-order valence-electron chi connectivity index (χ1n) is 11.6. The molecule has 0 radical (unpaired) electrons. The van der Waals surface area contributed by atoms with Gasteiger partial charge in [-0.15, -0.1) is 0 Å². The van der Waals surface area contributed by atoms with Crippen LogP contribution in [0.15, 0.2) is 36.4 Å². The second kappa shape index (κ2) is 12.8. The van der Waals surface area contributed by atoms with Gasteiger partial charge >= 0.3 is 6.09 Å². The molecule has 11 heteroatoms. The van der Waals surface area contributed by atoms with Crippen molar-refractivity contribution in [3.63, 3.8) is 0 Å². The number of amidine groups is 1. The molecule has 2 aliphatic heterocycles. The molecule has 194 valence electrons. The van der Waals surface area contributed by atoms with Crippen molar-refractivity contribution in [1.82, 2.24) is 4.90 Å². The van der Waals surface area contributed by atoms with E-state index in [2.05, 4.69) is 4.90 Å². The number of nitrogens with zero attached hydrogens (tertiary/aromatic N) is 2.